The molecule has 1 aliphatic carbocycles. The summed E-state index contributed by atoms with van der Waals surface area (Å²) in [6, 6.07) is 11.7. The van der Waals surface area contributed by atoms with Gasteiger partial charge in [-0.15, -0.1) is 0 Å². The first-order chi connectivity index (χ1) is 27.7. The number of hydrogen-bond acceptors (Lipinski definition) is 16. The molecule has 0 bridgehead atoms. The Morgan fingerprint density at radius 3 is 1.31 bits per heavy atom. The van der Waals surface area contributed by atoms with Gasteiger partial charge in [-0.3, -0.25) is 28.8 Å². The van der Waals surface area contributed by atoms with E-state index in [9.17, 15) is 38.4 Å². The van der Waals surface area contributed by atoms with Crippen LogP contribution in [0.25, 0.3) is 0 Å². The molecule has 2 aromatic carbocycles. The first kappa shape index (κ1) is 46.1. The molecule has 0 heterocycles. The highest BCUT2D eigenvalue weighted by Crippen LogP contribution is 2.32. The molecule has 1 saturated carbocycles. The molecule has 2 atom stereocenters. The summed E-state index contributed by atoms with van der Waals surface area (Å²) in [7, 11) is 0. The Morgan fingerprint density at radius 2 is 0.879 bits per heavy atom. The number of hydrogen-bond donors (Lipinski definition) is 0. The van der Waals surface area contributed by atoms with Crippen molar-refractivity contribution in [2.45, 2.75) is 90.3 Å². The number of benzene rings is 2. The molecule has 0 saturated heterocycles. The van der Waals surface area contributed by atoms with E-state index < -0.39 is 71.8 Å². The Labute approximate surface area is 335 Å². The van der Waals surface area contributed by atoms with Crippen LogP contribution in [0.3, 0.4) is 0 Å². The van der Waals surface area contributed by atoms with E-state index in [1.165, 1.54) is 48.5 Å². The Morgan fingerprint density at radius 1 is 0.517 bits per heavy atom. The van der Waals surface area contributed by atoms with E-state index in [0.29, 0.717) is 25.7 Å². The van der Waals surface area contributed by atoms with Crippen molar-refractivity contribution in [2.75, 3.05) is 13.2 Å². The zero-order valence-corrected chi connectivity index (χ0v) is 32.5. The summed E-state index contributed by atoms with van der Waals surface area (Å²) in [4.78, 5) is 96.3. The lowest BCUT2D eigenvalue weighted by Crippen LogP contribution is -2.30. The SMILES string of the molecule is C=CC(=O)OCCC(C)OC(=O)CCC(=O)Oc1ccc(OC(=O)C2CCC(C(=O)Oc3ccc(OC(=O)CCC(=O)OCCC(C)OC(=O)C=C)cc3)CC2)cc1. The fraction of sp³-hybridized carbons (Fsp3) is 0.429. The summed E-state index contributed by atoms with van der Waals surface area (Å²) >= 11 is 0. The van der Waals surface area contributed by atoms with Crippen molar-refractivity contribution >= 4 is 47.8 Å². The molecule has 58 heavy (non-hydrogen) atoms. The standard InChI is InChI=1S/C42H48O16/c1-5-35(43)51-25-23-28(4)54-38(46)21-22-40(48)56-32-13-17-34(18-14-32)58-42(50)30-9-7-29(8-10-30)41(49)57-33-15-11-31(12-16-33)55-39(47)20-19-37(45)52-26-24-27(3)53-36(44)6-2/h5-6,11-18,27-30H,1-2,7-10,19-26H2,3-4H3. The summed E-state index contributed by atoms with van der Waals surface area (Å²) in [6.45, 7) is 9.95. The van der Waals surface area contributed by atoms with Crippen molar-refractivity contribution in [1.82, 2.24) is 0 Å². The topological polar surface area (TPSA) is 210 Å². The van der Waals surface area contributed by atoms with Gasteiger partial charge in [0.2, 0.25) is 0 Å². The van der Waals surface area contributed by atoms with Gasteiger partial charge in [0, 0.05) is 25.0 Å². The molecule has 0 aliphatic heterocycles. The van der Waals surface area contributed by atoms with E-state index in [0.717, 1.165) is 12.2 Å². The van der Waals surface area contributed by atoms with Crippen molar-refractivity contribution in [1.29, 1.82) is 0 Å². The Kier molecular flexibility index (Phi) is 19.3. The van der Waals surface area contributed by atoms with Crippen LogP contribution in [-0.4, -0.2) is 73.2 Å². The quantitative estimate of drug-likeness (QED) is 0.0624. The van der Waals surface area contributed by atoms with Gasteiger partial charge in [-0.2, -0.15) is 0 Å². The lowest BCUT2D eigenvalue weighted by molar-refractivity contribution is -0.152. The second kappa shape index (κ2) is 24.3. The molecule has 16 nitrogen and oxygen atoms in total. The average molecular weight is 809 g/mol. The molecule has 0 N–H and O–H groups in total. The fourth-order valence-corrected chi connectivity index (χ4v) is 5.33. The van der Waals surface area contributed by atoms with Gasteiger partial charge in [0.25, 0.3) is 0 Å². The van der Waals surface area contributed by atoms with E-state index >= 15 is 0 Å². The molecule has 0 spiro atoms. The zero-order chi connectivity index (χ0) is 42.5. The van der Waals surface area contributed by atoms with Crippen LogP contribution in [0.2, 0.25) is 0 Å². The molecule has 2 unspecified atom stereocenters. The van der Waals surface area contributed by atoms with Gasteiger partial charge in [-0.25, -0.2) is 9.59 Å². The maximum atomic E-state index is 12.8. The Bertz CT molecular complexity index is 1760. The van der Waals surface area contributed by atoms with E-state index in [2.05, 4.69) is 13.2 Å². The predicted molar refractivity (Wildman–Crippen MR) is 202 cm³/mol. The van der Waals surface area contributed by atoms with Gasteiger partial charge in [0.05, 0.1) is 50.7 Å². The van der Waals surface area contributed by atoms with Gasteiger partial charge >= 0.3 is 47.8 Å². The molecule has 0 radical (unpaired) electrons. The van der Waals surface area contributed by atoms with Gasteiger partial charge < -0.3 is 37.9 Å². The Balaban J connectivity index is 1.30. The van der Waals surface area contributed by atoms with E-state index in [-0.39, 0.29) is 74.7 Å². The summed E-state index contributed by atoms with van der Waals surface area (Å²) in [6.07, 6.45) is 2.44. The summed E-state index contributed by atoms with van der Waals surface area (Å²) < 4.78 is 41.5. The van der Waals surface area contributed by atoms with Crippen molar-refractivity contribution in [2.24, 2.45) is 11.8 Å². The number of rotatable bonds is 22. The van der Waals surface area contributed by atoms with Crippen molar-refractivity contribution in [3.63, 3.8) is 0 Å². The van der Waals surface area contributed by atoms with Crippen molar-refractivity contribution in [3.8, 4) is 23.0 Å². The van der Waals surface area contributed by atoms with Crippen LogP contribution in [0.4, 0.5) is 0 Å². The highest BCUT2D eigenvalue weighted by Gasteiger charge is 2.32. The van der Waals surface area contributed by atoms with Crippen molar-refractivity contribution in [3.05, 3.63) is 73.8 Å². The summed E-state index contributed by atoms with van der Waals surface area (Å²) in [5.41, 5.74) is 0. The normalized spacial score (nSPS) is 15.6. The maximum absolute atomic E-state index is 12.8. The third-order valence-corrected chi connectivity index (χ3v) is 8.55. The Hall–Kier alpha value is -6.32. The molecule has 2 aromatic rings. The van der Waals surface area contributed by atoms with Gasteiger partial charge in [-0.1, -0.05) is 13.2 Å². The van der Waals surface area contributed by atoms with Crippen LogP contribution < -0.4 is 18.9 Å². The monoisotopic (exact) mass is 808 g/mol. The third kappa shape index (κ3) is 17.6. The van der Waals surface area contributed by atoms with Crippen LogP contribution in [0.5, 0.6) is 23.0 Å². The number of carbonyl (C=O) groups is 8. The minimum Gasteiger partial charge on any atom is -0.466 e. The predicted octanol–water partition coefficient (Wildman–Crippen LogP) is 5.48. The number of esters is 8. The van der Waals surface area contributed by atoms with Gasteiger partial charge in [0.15, 0.2) is 0 Å². The molecule has 1 aliphatic rings. The van der Waals surface area contributed by atoms with Crippen LogP contribution >= 0.6 is 0 Å². The minimum atomic E-state index is -0.661. The zero-order valence-electron chi connectivity index (χ0n) is 32.5. The molecule has 16 heteroatoms. The highest BCUT2D eigenvalue weighted by atomic mass is 16.6. The lowest BCUT2D eigenvalue weighted by Gasteiger charge is -2.25. The van der Waals surface area contributed by atoms with Crippen LogP contribution in [0.1, 0.15) is 78.1 Å². The second-order valence-electron chi connectivity index (χ2n) is 13.2. The smallest absolute Gasteiger partial charge is 0.330 e. The number of ether oxygens (including phenoxy) is 8. The van der Waals surface area contributed by atoms with E-state index in [4.69, 9.17) is 37.9 Å². The molecule has 312 valence electrons. The minimum absolute atomic E-state index is 0.0148. The largest absolute Gasteiger partial charge is 0.466 e. The van der Waals surface area contributed by atoms with Gasteiger partial charge in [-0.05, 0) is 88.1 Å². The van der Waals surface area contributed by atoms with Crippen LogP contribution in [-0.2, 0) is 57.3 Å². The first-order valence-corrected chi connectivity index (χ1v) is 18.8. The number of carbonyl (C=O) groups excluding carboxylic acids is 8. The van der Waals surface area contributed by atoms with Crippen LogP contribution in [0, 0.1) is 11.8 Å². The lowest BCUT2D eigenvalue weighted by atomic mass is 9.82. The molecule has 1 fully saturated rings. The second-order valence-corrected chi connectivity index (χ2v) is 13.2. The fourth-order valence-electron chi connectivity index (χ4n) is 5.33. The molecule has 3 rings (SSSR count). The highest BCUT2D eigenvalue weighted by molar-refractivity contribution is 5.82. The molecule has 0 amide bonds. The van der Waals surface area contributed by atoms with E-state index in [1.807, 2.05) is 0 Å². The molecule has 0 aromatic heterocycles. The van der Waals surface area contributed by atoms with Gasteiger partial charge in [0.1, 0.15) is 35.2 Å². The summed E-state index contributed by atoms with van der Waals surface area (Å²) in [5, 5.41) is 0. The third-order valence-electron chi connectivity index (χ3n) is 8.55. The molecular weight excluding hydrogens is 760 g/mol. The van der Waals surface area contributed by atoms with Crippen LogP contribution in [0.15, 0.2) is 73.8 Å². The first-order valence-electron chi connectivity index (χ1n) is 18.8. The molecular formula is C42H48O16. The average Bonchev–Trinajstić information content (AvgIpc) is 3.20. The van der Waals surface area contributed by atoms with Crippen molar-refractivity contribution < 1.29 is 76.3 Å². The van der Waals surface area contributed by atoms with E-state index in [1.54, 1.807) is 13.8 Å². The summed E-state index contributed by atoms with van der Waals surface area (Å²) in [5.74, 6) is -4.59. The maximum Gasteiger partial charge on any atom is 0.330 e.